The molecule has 0 fully saturated rings. The van der Waals surface area contributed by atoms with Crippen molar-refractivity contribution >= 4 is 15.9 Å². The monoisotopic (exact) mass is 322 g/mol. The van der Waals surface area contributed by atoms with Crippen molar-refractivity contribution < 1.29 is 31.1 Å². The summed E-state index contributed by atoms with van der Waals surface area (Å²) < 4.78 is 77.5. The highest BCUT2D eigenvalue weighted by Crippen LogP contribution is 2.36. The van der Waals surface area contributed by atoms with E-state index in [1.54, 1.807) is 0 Å². The molecule has 0 aromatic heterocycles. The van der Waals surface area contributed by atoms with Gasteiger partial charge in [0.25, 0.3) is 6.17 Å². The van der Waals surface area contributed by atoms with Gasteiger partial charge in [0.1, 0.15) is 5.75 Å². The molecule has 0 saturated carbocycles. The van der Waals surface area contributed by atoms with Crippen LogP contribution in [0.4, 0.5) is 26.3 Å². The SMILES string of the molecule is F[C@@H](C(F)(F)F)C(F)(F)Oc1ccc(Br)cc1. The minimum Gasteiger partial charge on any atom is -0.430 e. The van der Waals surface area contributed by atoms with Gasteiger partial charge in [-0.15, -0.1) is 0 Å². The quantitative estimate of drug-likeness (QED) is 0.753. The molecular weight excluding hydrogens is 318 g/mol. The van der Waals surface area contributed by atoms with Crippen LogP contribution in [0.15, 0.2) is 28.7 Å². The van der Waals surface area contributed by atoms with E-state index >= 15 is 0 Å². The van der Waals surface area contributed by atoms with Crippen LogP contribution in [0.3, 0.4) is 0 Å². The molecule has 0 unspecified atom stereocenters. The summed E-state index contributed by atoms with van der Waals surface area (Å²) in [5.41, 5.74) is 0. The standard InChI is InChI=1S/C9H5BrF6O/c10-5-1-3-6(4-2-5)17-9(15,16)7(11)8(12,13)14/h1-4,7H/t7-/m0/s1. The fourth-order valence-electron chi connectivity index (χ4n) is 0.902. The predicted molar refractivity (Wildman–Crippen MR) is 50.7 cm³/mol. The van der Waals surface area contributed by atoms with Crippen LogP contribution in [0, 0.1) is 0 Å². The van der Waals surface area contributed by atoms with Crippen LogP contribution in [0.5, 0.6) is 5.75 Å². The molecule has 0 saturated heterocycles. The molecule has 1 atom stereocenters. The summed E-state index contributed by atoms with van der Waals surface area (Å²) in [6, 6.07) is 4.51. The van der Waals surface area contributed by atoms with Gasteiger partial charge in [-0.3, -0.25) is 0 Å². The zero-order valence-corrected chi connectivity index (χ0v) is 9.53. The molecule has 96 valence electrons. The van der Waals surface area contributed by atoms with Crippen LogP contribution in [-0.4, -0.2) is 18.5 Å². The van der Waals surface area contributed by atoms with Crippen LogP contribution in [-0.2, 0) is 0 Å². The average Bonchev–Trinajstić information content (AvgIpc) is 2.19. The number of hydrogen-bond donors (Lipinski definition) is 0. The first kappa shape index (κ1) is 14.1. The maximum absolute atomic E-state index is 12.8. The lowest BCUT2D eigenvalue weighted by Gasteiger charge is -2.22. The maximum atomic E-state index is 12.8. The lowest BCUT2D eigenvalue weighted by molar-refractivity contribution is -0.304. The van der Waals surface area contributed by atoms with E-state index in [0.717, 1.165) is 12.1 Å². The molecule has 0 spiro atoms. The number of alkyl halides is 6. The highest BCUT2D eigenvalue weighted by atomic mass is 79.9. The third-order valence-corrected chi connectivity index (χ3v) is 2.18. The number of rotatable bonds is 3. The molecule has 1 rings (SSSR count). The van der Waals surface area contributed by atoms with Crippen LogP contribution in [0.25, 0.3) is 0 Å². The van der Waals surface area contributed by atoms with E-state index < -0.39 is 24.2 Å². The maximum Gasteiger partial charge on any atom is 0.439 e. The summed E-state index contributed by atoms with van der Waals surface area (Å²) in [5, 5.41) is 0. The Bertz CT molecular complexity index is 374. The normalized spacial score (nSPS) is 14.5. The van der Waals surface area contributed by atoms with Crippen molar-refractivity contribution in [3.63, 3.8) is 0 Å². The largest absolute Gasteiger partial charge is 0.439 e. The predicted octanol–water partition coefficient (Wildman–Crippen LogP) is 4.32. The van der Waals surface area contributed by atoms with Gasteiger partial charge in [-0.25, -0.2) is 4.39 Å². The molecule has 0 aliphatic heterocycles. The lowest BCUT2D eigenvalue weighted by Crippen LogP contribution is -2.45. The Balaban J connectivity index is 2.82. The van der Waals surface area contributed by atoms with Gasteiger partial charge in [0.05, 0.1) is 0 Å². The van der Waals surface area contributed by atoms with Crippen molar-refractivity contribution in [1.82, 2.24) is 0 Å². The third kappa shape index (κ3) is 3.79. The molecule has 0 heterocycles. The topological polar surface area (TPSA) is 9.23 Å². The van der Waals surface area contributed by atoms with Crippen LogP contribution < -0.4 is 4.74 Å². The summed E-state index contributed by atoms with van der Waals surface area (Å²) in [4.78, 5) is 0. The van der Waals surface area contributed by atoms with E-state index in [2.05, 4.69) is 20.7 Å². The first-order chi connectivity index (χ1) is 7.63. The Morgan fingerprint density at radius 2 is 1.47 bits per heavy atom. The fraction of sp³-hybridized carbons (Fsp3) is 0.333. The Morgan fingerprint density at radius 1 is 1.00 bits per heavy atom. The highest BCUT2D eigenvalue weighted by molar-refractivity contribution is 9.10. The Hall–Kier alpha value is -0.920. The molecule has 1 nitrogen and oxygen atoms in total. The summed E-state index contributed by atoms with van der Waals surface area (Å²) in [6.07, 6.45) is -15.0. The molecule has 0 aliphatic carbocycles. The van der Waals surface area contributed by atoms with Crippen molar-refractivity contribution in [3.05, 3.63) is 28.7 Å². The highest BCUT2D eigenvalue weighted by Gasteiger charge is 2.59. The van der Waals surface area contributed by atoms with Crippen LogP contribution >= 0.6 is 15.9 Å². The van der Waals surface area contributed by atoms with Gasteiger partial charge >= 0.3 is 12.3 Å². The first-order valence-electron chi connectivity index (χ1n) is 4.16. The summed E-state index contributed by atoms with van der Waals surface area (Å²) >= 11 is 2.99. The van der Waals surface area contributed by atoms with Crippen molar-refractivity contribution in [2.45, 2.75) is 18.5 Å². The van der Waals surface area contributed by atoms with E-state index in [1.807, 2.05) is 0 Å². The van der Waals surface area contributed by atoms with Crippen LogP contribution in [0.2, 0.25) is 0 Å². The van der Waals surface area contributed by atoms with E-state index in [4.69, 9.17) is 0 Å². The molecule has 17 heavy (non-hydrogen) atoms. The van der Waals surface area contributed by atoms with E-state index in [0.29, 0.717) is 4.47 Å². The molecule has 0 amide bonds. The molecule has 1 aromatic rings. The van der Waals surface area contributed by atoms with Gasteiger partial charge in [0.15, 0.2) is 0 Å². The van der Waals surface area contributed by atoms with Crippen LogP contribution in [0.1, 0.15) is 0 Å². The van der Waals surface area contributed by atoms with Crippen molar-refractivity contribution in [1.29, 1.82) is 0 Å². The number of hydrogen-bond acceptors (Lipinski definition) is 1. The fourth-order valence-corrected chi connectivity index (χ4v) is 1.17. The molecule has 1 aromatic carbocycles. The second kappa shape index (κ2) is 4.75. The Morgan fingerprint density at radius 3 is 1.88 bits per heavy atom. The lowest BCUT2D eigenvalue weighted by atomic mass is 10.3. The van der Waals surface area contributed by atoms with E-state index in [-0.39, 0.29) is 0 Å². The zero-order valence-electron chi connectivity index (χ0n) is 7.94. The van der Waals surface area contributed by atoms with Crippen molar-refractivity contribution in [2.75, 3.05) is 0 Å². The number of benzene rings is 1. The molecule has 0 radical (unpaired) electrons. The second-order valence-corrected chi connectivity index (χ2v) is 3.94. The molecule has 0 bridgehead atoms. The van der Waals surface area contributed by atoms with Crippen molar-refractivity contribution in [2.24, 2.45) is 0 Å². The average molecular weight is 323 g/mol. The van der Waals surface area contributed by atoms with Gasteiger partial charge in [0, 0.05) is 4.47 Å². The Labute approximate surface area is 101 Å². The summed E-state index contributed by atoms with van der Waals surface area (Å²) in [5.74, 6) is -0.565. The molecule has 0 N–H and O–H groups in total. The smallest absolute Gasteiger partial charge is 0.430 e. The minimum absolute atomic E-state index is 0.515. The molecular formula is C9H5BrF6O. The summed E-state index contributed by atoms with van der Waals surface area (Å²) in [7, 11) is 0. The van der Waals surface area contributed by atoms with Crippen molar-refractivity contribution in [3.8, 4) is 5.75 Å². The number of halogens is 7. The number of ether oxygens (including phenoxy) is 1. The molecule has 0 aliphatic rings. The van der Waals surface area contributed by atoms with Gasteiger partial charge < -0.3 is 4.74 Å². The first-order valence-corrected chi connectivity index (χ1v) is 4.95. The van der Waals surface area contributed by atoms with E-state index in [9.17, 15) is 26.3 Å². The van der Waals surface area contributed by atoms with Gasteiger partial charge in [-0.2, -0.15) is 22.0 Å². The zero-order chi connectivity index (χ0) is 13.3. The minimum atomic E-state index is -5.68. The van der Waals surface area contributed by atoms with E-state index in [1.165, 1.54) is 12.1 Å². The molecule has 8 heteroatoms. The summed E-state index contributed by atoms with van der Waals surface area (Å²) in [6.45, 7) is 0. The van der Waals surface area contributed by atoms with Gasteiger partial charge in [-0.1, -0.05) is 15.9 Å². The van der Waals surface area contributed by atoms with Gasteiger partial charge in [0.2, 0.25) is 0 Å². The third-order valence-electron chi connectivity index (χ3n) is 1.65. The van der Waals surface area contributed by atoms with Gasteiger partial charge in [-0.05, 0) is 24.3 Å². The Kier molecular flexibility index (Phi) is 3.95. The second-order valence-electron chi connectivity index (χ2n) is 3.02.